The van der Waals surface area contributed by atoms with Crippen molar-refractivity contribution in [2.24, 2.45) is 5.41 Å². The Bertz CT molecular complexity index is 281. The van der Waals surface area contributed by atoms with E-state index in [0.717, 1.165) is 43.5 Å². The average Bonchev–Trinajstić information content (AvgIpc) is 2.31. The van der Waals surface area contributed by atoms with Crippen molar-refractivity contribution in [2.45, 2.75) is 32.2 Å². The number of rotatable bonds is 3. The van der Waals surface area contributed by atoms with Gasteiger partial charge in [0.1, 0.15) is 0 Å². The van der Waals surface area contributed by atoms with Crippen LogP contribution in [0.15, 0.2) is 0 Å². The van der Waals surface area contributed by atoms with E-state index in [1.54, 1.807) is 0 Å². The van der Waals surface area contributed by atoms with Gasteiger partial charge in [0.05, 0.1) is 24.2 Å². The molecule has 0 unspecified atom stereocenters. The Hall–Kier alpha value is 0.170. The molecule has 3 aliphatic rings. The van der Waals surface area contributed by atoms with E-state index in [4.69, 9.17) is 14.2 Å². The van der Waals surface area contributed by atoms with Crippen molar-refractivity contribution >= 4 is 22.6 Å². The van der Waals surface area contributed by atoms with Crippen LogP contribution in [0.1, 0.15) is 26.2 Å². The third-order valence-electron chi connectivity index (χ3n) is 2.90. The third kappa shape index (κ3) is 2.89. The van der Waals surface area contributed by atoms with Crippen molar-refractivity contribution in [3.8, 4) is 11.8 Å². The average molecular weight is 336 g/mol. The molecule has 0 amide bonds. The Morgan fingerprint density at radius 3 is 2.31 bits per heavy atom. The highest BCUT2D eigenvalue weighted by Crippen LogP contribution is 2.40. The summed E-state index contributed by atoms with van der Waals surface area (Å²) in [5.41, 5.74) is 0.0583. The molecule has 3 rings (SSSR count). The molecule has 0 spiro atoms. The predicted octanol–water partition coefficient (Wildman–Crippen LogP) is 2.33. The summed E-state index contributed by atoms with van der Waals surface area (Å²) in [6, 6.07) is 0. The Labute approximate surface area is 110 Å². The van der Waals surface area contributed by atoms with Gasteiger partial charge in [0.15, 0.2) is 0 Å². The maximum atomic E-state index is 5.68. The lowest BCUT2D eigenvalue weighted by molar-refractivity contribution is -0.467. The van der Waals surface area contributed by atoms with Crippen LogP contribution in [0.3, 0.4) is 0 Å². The molecule has 0 atom stereocenters. The van der Waals surface area contributed by atoms with Crippen LogP contribution in [-0.4, -0.2) is 30.2 Å². The van der Waals surface area contributed by atoms with E-state index < -0.39 is 5.97 Å². The lowest BCUT2D eigenvalue weighted by atomic mass is 9.91. The van der Waals surface area contributed by atoms with Crippen molar-refractivity contribution in [1.29, 1.82) is 0 Å². The Kier molecular flexibility index (Phi) is 4.11. The lowest BCUT2D eigenvalue weighted by Crippen LogP contribution is -2.58. The molecule has 90 valence electrons. The summed E-state index contributed by atoms with van der Waals surface area (Å²) in [7, 11) is 0. The van der Waals surface area contributed by atoms with Gasteiger partial charge in [0.2, 0.25) is 0 Å². The first kappa shape index (κ1) is 12.6. The van der Waals surface area contributed by atoms with E-state index in [2.05, 4.69) is 41.4 Å². The van der Waals surface area contributed by atoms with Gasteiger partial charge in [-0.3, -0.25) is 0 Å². The van der Waals surface area contributed by atoms with Crippen LogP contribution in [-0.2, 0) is 14.2 Å². The number of halogens is 1. The molecular weight excluding hydrogens is 319 g/mol. The number of hydrogen-bond donors (Lipinski definition) is 0. The van der Waals surface area contributed by atoms with Gasteiger partial charge in [-0.1, -0.05) is 35.4 Å². The molecule has 2 bridgehead atoms. The normalized spacial score (nSPS) is 36.9. The van der Waals surface area contributed by atoms with Crippen molar-refractivity contribution in [3.05, 3.63) is 0 Å². The summed E-state index contributed by atoms with van der Waals surface area (Å²) in [4.78, 5) is 0. The summed E-state index contributed by atoms with van der Waals surface area (Å²) in [6.07, 6.45) is 2.62. The monoisotopic (exact) mass is 336 g/mol. The molecule has 3 aliphatic heterocycles. The van der Waals surface area contributed by atoms with Crippen LogP contribution in [0, 0.1) is 17.3 Å². The lowest BCUT2D eigenvalue weighted by Gasteiger charge is -2.50. The topological polar surface area (TPSA) is 27.7 Å². The van der Waals surface area contributed by atoms with Crippen molar-refractivity contribution < 1.29 is 14.2 Å². The number of hydrogen-bond acceptors (Lipinski definition) is 3. The molecule has 0 aliphatic carbocycles. The number of alkyl halides is 1. The van der Waals surface area contributed by atoms with Gasteiger partial charge in [-0.05, 0) is 6.42 Å². The van der Waals surface area contributed by atoms with Crippen molar-refractivity contribution in [2.75, 3.05) is 24.2 Å². The molecule has 0 radical (unpaired) electrons. The number of unbranched alkanes of at least 4 members (excludes halogenated alkanes) is 1. The number of fused-ring (bicyclic) bond motifs is 3. The largest absolute Gasteiger partial charge is 0.327 e. The van der Waals surface area contributed by atoms with E-state index in [9.17, 15) is 0 Å². The van der Waals surface area contributed by atoms with Crippen molar-refractivity contribution in [1.82, 2.24) is 0 Å². The first-order chi connectivity index (χ1) is 7.68. The minimum absolute atomic E-state index is 0.0583. The van der Waals surface area contributed by atoms with Crippen LogP contribution >= 0.6 is 22.6 Å². The van der Waals surface area contributed by atoms with Gasteiger partial charge < -0.3 is 14.2 Å². The molecule has 4 heteroatoms. The summed E-state index contributed by atoms with van der Waals surface area (Å²) < 4.78 is 17.9. The van der Waals surface area contributed by atoms with Crippen LogP contribution in [0.4, 0.5) is 0 Å². The number of ether oxygens (including phenoxy) is 3. The van der Waals surface area contributed by atoms with E-state index in [1.165, 1.54) is 0 Å². The summed E-state index contributed by atoms with van der Waals surface area (Å²) in [5, 5.41) is 0. The van der Waals surface area contributed by atoms with Gasteiger partial charge in [-0.2, -0.15) is 0 Å². The highest BCUT2D eigenvalue weighted by atomic mass is 127. The highest BCUT2D eigenvalue weighted by Gasteiger charge is 2.49. The van der Waals surface area contributed by atoms with E-state index in [0.29, 0.717) is 0 Å². The fourth-order valence-corrected chi connectivity index (χ4v) is 2.12. The summed E-state index contributed by atoms with van der Waals surface area (Å²) >= 11 is 2.25. The molecule has 3 heterocycles. The zero-order valence-electron chi connectivity index (χ0n) is 9.55. The highest BCUT2D eigenvalue weighted by molar-refractivity contribution is 14.1. The molecule has 3 nitrogen and oxygen atoms in total. The second-order valence-electron chi connectivity index (χ2n) is 4.70. The van der Waals surface area contributed by atoms with Gasteiger partial charge >= 0.3 is 0 Å². The van der Waals surface area contributed by atoms with Crippen LogP contribution < -0.4 is 0 Å². The minimum atomic E-state index is -0.760. The van der Waals surface area contributed by atoms with Gasteiger partial charge in [0, 0.05) is 18.3 Å². The molecular formula is C12H17IO3. The van der Waals surface area contributed by atoms with E-state index >= 15 is 0 Å². The van der Waals surface area contributed by atoms with Gasteiger partial charge in [-0.25, -0.2) is 0 Å². The van der Waals surface area contributed by atoms with Crippen LogP contribution in [0.25, 0.3) is 0 Å². The van der Waals surface area contributed by atoms with Crippen LogP contribution in [0.2, 0.25) is 0 Å². The zero-order valence-corrected chi connectivity index (χ0v) is 11.7. The molecule has 3 saturated heterocycles. The Balaban J connectivity index is 1.77. The molecule has 0 N–H and O–H groups in total. The van der Waals surface area contributed by atoms with Gasteiger partial charge in [0.25, 0.3) is 5.97 Å². The smallest absolute Gasteiger partial charge is 0.282 e. The van der Waals surface area contributed by atoms with E-state index in [-0.39, 0.29) is 5.41 Å². The second-order valence-corrected chi connectivity index (χ2v) is 5.46. The summed E-state index contributed by atoms with van der Waals surface area (Å²) in [6.45, 7) is 4.35. The summed E-state index contributed by atoms with van der Waals surface area (Å²) in [5.74, 6) is 5.40. The zero-order chi connectivity index (χ0) is 11.5. The molecule has 0 saturated carbocycles. The molecule has 16 heavy (non-hydrogen) atoms. The minimum Gasteiger partial charge on any atom is -0.327 e. The quantitative estimate of drug-likeness (QED) is 0.343. The molecule has 0 aromatic heterocycles. The Morgan fingerprint density at radius 1 is 1.12 bits per heavy atom. The first-order valence-corrected chi connectivity index (χ1v) is 7.14. The maximum Gasteiger partial charge on any atom is 0.282 e. The Morgan fingerprint density at radius 2 is 1.75 bits per heavy atom. The van der Waals surface area contributed by atoms with Crippen LogP contribution in [0.5, 0.6) is 0 Å². The predicted molar refractivity (Wildman–Crippen MR) is 69.2 cm³/mol. The fourth-order valence-electron chi connectivity index (χ4n) is 1.85. The van der Waals surface area contributed by atoms with E-state index in [1.807, 2.05) is 0 Å². The molecule has 0 aromatic rings. The maximum absolute atomic E-state index is 5.68. The third-order valence-corrected chi connectivity index (χ3v) is 3.28. The first-order valence-electron chi connectivity index (χ1n) is 5.62. The second kappa shape index (κ2) is 5.21. The van der Waals surface area contributed by atoms with Gasteiger partial charge in [-0.15, -0.1) is 5.92 Å². The van der Waals surface area contributed by atoms with Crippen molar-refractivity contribution in [3.63, 3.8) is 0 Å². The molecule has 0 aromatic carbocycles. The fraction of sp³-hybridized carbons (Fsp3) is 0.833. The molecule has 3 fully saturated rings. The SMILES string of the molecule is CC12COC(CCCC#CCI)(OC1)OC2. The standard InChI is InChI=1S/C12H17IO3/c1-11-8-14-12(15-9-11,16-10-11)6-4-2-3-5-7-13/h2,4,6-10H2,1H3.